The molecular formula is C25H39N7O7. The Morgan fingerprint density at radius 2 is 1.59 bits per heavy atom. The minimum atomic E-state index is -1.01. The summed E-state index contributed by atoms with van der Waals surface area (Å²) in [6.07, 6.45) is 0.753. The molecule has 39 heavy (non-hydrogen) atoms. The molecule has 14 heteroatoms. The maximum atomic E-state index is 13.1. The Labute approximate surface area is 227 Å². The van der Waals surface area contributed by atoms with Gasteiger partial charge in [0.25, 0.3) is 0 Å². The Kier molecular flexibility index (Phi) is 14.6. The highest BCUT2D eigenvalue weighted by Gasteiger charge is 2.29. The lowest BCUT2D eigenvalue weighted by atomic mass is 10.0. The summed E-state index contributed by atoms with van der Waals surface area (Å²) in [4.78, 5) is 72.0. The van der Waals surface area contributed by atoms with E-state index >= 15 is 0 Å². The number of urea groups is 1. The second-order valence-electron chi connectivity index (χ2n) is 8.96. The third kappa shape index (κ3) is 13.2. The molecule has 0 saturated carbocycles. The van der Waals surface area contributed by atoms with E-state index in [1.54, 1.807) is 45.0 Å². The molecule has 216 valence electrons. The fourth-order valence-corrected chi connectivity index (χ4v) is 3.24. The predicted molar refractivity (Wildman–Crippen MR) is 143 cm³/mol. The molecule has 0 fully saturated rings. The first kappa shape index (κ1) is 32.8. The van der Waals surface area contributed by atoms with Crippen LogP contribution in [0.15, 0.2) is 24.3 Å². The largest absolute Gasteiger partial charge is 0.461 e. The molecule has 0 aromatic heterocycles. The van der Waals surface area contributed by atoms with Crippen LogP contribution in [0.25, 0.3) is 0 Å². The van der Waals surface area contributed by atoms with Crippen molar-refractivity contribution in [1.29, 1.82) is 0 Å². The Bertz CT molecular complexity index is 999. The number of carbonyl (C=O) groups excluding carboxylic acids is 6. The monoisotopic (exact) mass is 549 g/mol. The van der Waals surface area contributed by atoms with Crippen LogP contribution in [-0.4, -0.2) is 67.3 Å². The number of hydrogen-bond donors (Lipinski definition) is 7. The van der Waals surface area contributed by atoms with Gasteiger partial charge in [0.15, 0.2) is 0 Å². The number of ether oxygens (including phenoxy) is 1. The number of esters is 1. The molecule has 14 nitrogen and oxygen atoms in total. The van der Waals surface area contributed by atoms with Crippen LogP contribution in [0.3, 0.4) is 0 Å². The van der Waals surface area contributed by atoms with Crippen molar-refractivity contribution in [3.05, 3.63) is 29.8 Å². The van der Waals surface area contributed by atoms with E-state index in [0.29, 0.717) is 12.1 Å². The zero-order valence-corrected chi connectivity index (χ0v) is 22.5. The Morgan fingerprint density at radius 3 is 2.15 bits per heavy atom. The standard InChI is InChI=1S/C25H39N7O7/c1-4-21(35)39-14-16-7-9-17(10-8-16)30-23(36)18(6-5-11-28-25(27)38)31-24(37)22(15(2)3)32-20(34)13-29-19(33)12-26/h7-10,15,18,22H,4-6,11-14,26H2,1-3H3,(H,29,33)(H,30,36)(H,31,37)(H,32,34)(H3,27,28,38). The molecule has 2 atom stereocenters. The van der Waals surface area contributed by atoms with E-state index in [1.807, 2.05) is 0 Å². The minimum Gasteiger partial charge on any atom is -0.461 e. The van der Waals surface area contributed by atoms with Crippen molar-refractivity contribution in [2.75, 3.05) is 25.0 Å². The summed E-state index contributed by atoms with van der Waals surface area (Å²) in [5, 5.41) is 12.7. The first-order chi connectivity index (χ1) is 18.5. The summed E-state index contributed by atoms with van der Waals surface area (Å²) < 4.78 is 5.08. The third-order valence-electron chi connectivity index (χ3n) is 5.41. The molecule has 0 bridgehead atoms. The van der Waals surface area contributed by atoms with Crippen molar-refractivity contribution >= 4 is 41.3 Å². The lowest BCUT2D eigenvalue weighted by Gasteiger charge is -2.25. The molecule has 0 radical (unpaired) electrons. The van der Waals surface area contributed by atoms with Crippen LogP contribution in [0.1, 0.15) is 45.6 Å². The van der Waals surface area contributed by atoms with Crippen LogP contribution >= 0.6 is 0 Å². The van der Waals surface area contributed by atoms with Crippen LogP contribution in [0, 0.1) is 5.92 Å². The van der Waals surface area contributed by atoms with E-state index in [0.717, 1.165) is 5.56 Å². The van der Waals surface area contributed by atoms with Gasteiger partial charge in [0, 0.05) is 18.7 Å². The van der Waals surface area contributed by atoms with E-state index in [9.17, 15) is 28.8 Å². The zero-order valence-electron chi connectivity index (χ0n) is 22.5. The van der Waals surface area contributed by atoms with Gasteiger partial charge in [-0.3, -0.25) is 24.0 Å². The number of amides is 6. The first-order valence-electron chi connectivity index (χ1n) is 12.6. The van der Waals surface area contributed by atoms with Gasteiger partial charge in [-0.1, -0.05) is 32.9 Å². The highest BCUT2D eigenvalue weighted by atomic mass is 16.5. The Balaban J connectivity index is 2.90. The molecule has 0 aliphatic heterocycles. The van der Waals surface area contributed by atoms with E-state index < -0.39 is 41.7 Å². The summed E-state index contributed by atoms with van der Waals surface area (Å²) in [5.41, 5.74) is 11.5. The van der Waals surface area contributed by atoms with Crippen molar-refractivity contribution in [3.8, 4) is 0 Å². The van der Waals surface area contributed by atoms with E-state index in [2.05, 4.69) is 26.6 Å². The second kappa shape index (κ2) is 17.3. The van der Waals surface area contributed by atoms with Crippen molar-refractivity contribution in [1.82, 2.24) is 21.3 Å². The van der Waals surface area contributed by atoms with Crippen LogP contribution in [0.2, 0.25) is 0 Å². The van der Waals surface area contributed by atoms with E-state index in [-0.39, 0.29) is 51.0 Å². The number of nitrogens with one attached hydrogen (secondary N) is 5. The number of rotatable bonds is 16. The predicted octanol–water partition coefficient (Wildman–Crippen LogP) is -0.773. The molecule has 0 spiro atoms. The Hall–Kier alpha value is -4.20. The summed E-state index contributed by atoms with van der Waals surface area (Å²) in [5.74, 6) is -2.90. The van der Waals surface area contributed by atoms with Crippen LogP contribution in [0.4, 0.5) is 10.5 Å². The van der Waals surface area contributed by atoms with Crippen molar-refractivity contribution in [2.45, 2.75) is 58.7 Å². The number of primary amides is 1. The van der Waals surface area contributed by atoms with Gasteiger partial charge in [0.05, 0.1) is 13.1 Å². The minimum absolute atomic E-state index is 0.102. The third-order valence-corrected chi connectivity index (χ3v) is 5.41. The summed E-state index contributed by atoms with van der Waals surface area (Å²) in [6, 6.07) is 3.94. The SMILES string of the molecule is CCC(=O)OCc1ccc(NC(=O)C(CCCNC(N)=O)NC(=O)C(NC(=O)CNC(=O)CN)C(C)C)cc1. The molecule has 9 N–H and O–H groups in total. The van der Waals surface area contributed by atoms with Gasteiger partial charge in [0.1, 0.15) is 18.7 Å². The molecule has 0 heterocycles. The normalized spacial score (nSPS) is 12.0. The van der Waals surface area contributed by atoms with Crippen LogP contribution < -0.4 is 38.1 Å². The smallest absolute Gasteiger partial charge is 0.312 e. The maximum Gasteiger partial charge on any atom is 0.312 e. The summed E-state index contributed by atoms with van der Waals surface area (Å²) in [6.45, 7) is 4.78. The highest BCUT2D eigenvalue weighted by molar-refractivity contribution is 5.98. The molecular weight excluding hydrogens is 510 g/mol. The highest BCUT2D eigenvalue weighted by Crippen LogP contribution is 2.13. The second-order valence-corrected chi connectivity index (χ2v) is 8.96. The topological polar surface area (TPSA) is 224 Å². The Morgan fingerprint density at radius 1 is 0.923 bits per heavy atom. The molecule has 0 saturated heterocycles. The van der Waals surface area contributed by atoms with Crippen molar-refractivity contribution in [3.63, 3.8) is 0 Å². The lowest BCUT2D eigenvalue weighted by molar-refractivity contribution is -0.144. The number of nitrogens with two attached hydrogens (primary N) is 2. The molecule has 1 rings (SSSR count). The number of carbonyl (C=O) groups is 6. The summed E-state index contributed by atoms with van der Waals surface area (Å²) in [7, 11) is 0. The first-order valence-corrected chi connectivity index (χ1v) is 12.6. The molecule has 0 aliphatic rings. The quantitative estimate of drug-likeness (QED) is 0.102. The molecule has 6 amide bonds. The molecule has 2 unspecified atom stereocenters. The fraction of sp³-hybridized carbons (Fsp3) is 0.520. The fourth-order valence-electron chi connectivity index (χ4n) is 3.24. The van der Waals surface area contributed by atoms with E-state index in [4.69, 9.17) is 16.2 Å². The number of benzene rings is 1. The van der Waals surface area contributed by atoms with Gasteiger partial charge in [0.2, 0.25) is 23.6 Å². The number of hydrogen-bond acceptors (Lipinski definition) is 8. The maximum absolute atomic E-state index is 13.1. The van der Waals surface area contributed by atoms with Gasteiger partial charge in [-0.2, -0.15) is 0 Å². The average Bonchev–Trinajstić information content (AvgIpc) is 2.90. The van der Waals surface area contributed by atoms with Gasteiger partial charge in [-0.25, -0.2) is 4.79 Å². The summed E-state index contributed by atoms with van der Waals surface area (Å²) >= 11 is 0. The van der Waals surface area contributed by atoms with Gasteiger partial charge in [-0.15, -0.1) is 0 Å². The lowest BCUT2D eigenvalue weighted by Crippen LogP contribution is -2.55. The average molecular weight is 550 g/mol. The molecule has 1 aromatic rings. The zero-order chi connectivity index (χ0) is 29.4. The van der Waals surface area contributed by atoms with Gasteiger partial charge in [-0.05, 0) is 36.5 Å². The van der Waals surface area contributed by atoms with Gasteiger partial charge >= 0.3 is 12.0 Å². The van der Waals surface area contributed by atoms with Gasteiger partial charge < -0.3 is 42.8 Å². The molecule has 1 aromatic carbocycles. The van der Waals surface area contributed by atoms with E-state index in [1.165, 1.54) is 0 Å². The molecule has 0 aliphatic carbocycles. The number of anilines is 1. The van der Waals surface area contributed by atoms with Crippen LogP contribution in [-0.2, 0) is 35.3 Å². The van der Waals surface area contributed by atoms with Crippen LogP contribution in [0.5, 0.6) is 0 Å². The van der Waals surface area contributed by atoms with Crippen molar-refractivity contribution in [2.24, 2.45) is 17.4 Å². The van der Waals surface area contributed by atoms with Crippen molar-refractivity contribution < 1.29 is 33.5 Å².